The fourth-order valence-electron chi connectivity index (χ4n) is 3.26. The third kappa shape index (κ3) is 6.39. The van der Waals surface area contributed by atoms with E-state index in [-0.39, 0.29) is 16.8 Å². The highest BCUT2D eigenvalue weighted by atomic mass is 32.2. The lowest BCUT2D eigenvalue weighted by molar-refractivity contribution is -0.118. The number of carbonyl (C=O) groups excluding carboxylic acids is 1. The number of benzene rings is 2. The second-order valence-corrected chi connectivity index (χ2v) is 9.71. The predicted octanol–water partition coefficient (Wildman–Crippen LogP) is 4.16. The molecule has 0 heterocycles. The Bertz CT molecular complexity index is 939. The van der Waals surface area contributed by atoms with Crippen LogP contribution in [0.15, 0.2) is 53.4 Å². The molecule has 164 valence electrons. The monoisotopic (exact) mass is 431 g/mol. The van der Waals surface area contributed by atoms with E-state index < -0.39 is 16.1 Å². The summed E-state index contributed by atoms with van der Waals surface area (Å²) in [5, 5.41) is 11.3. The van der Waals surface area contributed by atoms with Crippen LogP contribution in [0, 0.1) is 5.92 Å². The molecule has 0 aromatic heterocycles. The summed E-state index contributed by atoms with van der Waals surface area (Å²) in [4.78, 5) is 12.7. The number of amides is 1. The predicted molar refractivity (Wildman–Crippen MR) is 122 cm³/mol. The van der Waals surface area contributed by atoms with Gasteiger partial charge >= 0.3 is 0 Å². The second kappa shape index (κ2) is 10.2. The van der Waals surface area contributed by atoms with Crippen molar-refractivity contribution < 1.29 is 13.2 Å². The zero-order valence-electron chi connectivity index (χ0n) is 18.3. The van der Waals surface area contributed by atoms with Crippen molar-refractivity contribution in [3.8, 4) is 0 Å². The Morgan fingerprint density at radius 3 is 1.93 bits per heavy atom. The smallest absolute Gasteiger partial charge is 0.241 e. The van der Waals surface area contributed by atoms with E-state index in [0.717, 1.165) is 12.0 Å². The van der Waals surface area contributed by atoms with E-state index in [1.54, 1.807) is 0 Å². The molecular weight excluding hydrogens is 398 g/mol. The Labute approximate surface area is 180 Å². The summed E-state index contributed by atoms with van der Waals surface area (Å²) in [5.41, 5.74) is 2.98. The summed E-state index contributed by atoms with van der Waals surface area (Å²) < 4.78 is 22.7. The van der Waals surface area contributed by atoms with Gasteiger partial charge in [0.1, 0.15) is 0 Å². The first-order valence-corrected chi connectivity index (χ1v) is 11.9. The number of carbonyl (C=O) groups is 1. The molecule has 0 aliphatic heterocycles. The molecule has 0 spiro atoms. The maximum absolute atomic E-state index is 12.6. The molecule has 0 aliphatic carbocycles. The Hall–Kier alpha value is -2.22. The summed E-state index contributed by atoms with van der Waals surface area (Å²) in [6.45, 7) is 10.5. The van der Waals surface area contributed by atoms with Crippen LogP contribution in [0.4, 0.5) is 5.69 Å². The van der Waals surface area contributed by atoms with E-state index in [9.17, 15) is 13.2 Å². The van der Waals surface area contributed by atoms with E-state index in [0.29, 0.717) is 17.5 Å². The van der Waals surface area contributed by atoms with Crippen molar-refractivity contribution in [2.45, 2.75) is 63.9 Å². The van der Waals surface area contributed by atoms with E-state index in [2.05, 4.69) is 62.6 Å². The number of anilines is 1. The highest BCUT2D eigenvalue weighted by Crippen LogP contribution is 2.26. The van der Waals surface area contributed by atoms with Gasteiger partial charge in [0.25, 0.3) is 0 Å². The van der Waals surface area contributed by atoms with Crippen molar-refractivity contribution in [2.75, 3.05) is 5.32 Å². The molecule has 0 saturated heterocycles. The van der Waals surface area contributed by atoms with Gasteiger partial charge in [-0.3, -0.25) is 10.1 Å². The van der Waals surface area contributed by atoms with E-state index >= 15 is 0 Å². The minimum Gasteiger partial charge on any atom is -0.325 e. The second-order valence-electron chi connectivity index (χ2n) is 8.14. The lowest BCUT2D eigenvalue weighted by atomic mass is 9.91. The van der Waals surface area contributed by atoms with Gasteiger partial charge in [-0.2, -0.15) is 0 Å². The minimum atomic E-state index is -3.76. The first-order valence-electron chi connectivity index (χ1n) is 10.3. The van der Waals surface area contributed by atoms with E-state index in [4.69, 9.17) is 5.14 Å². The molecule has 1 amide bonds. The van der Waals surface area contributed by atoms with Gasteiger partial charge in [0, 0.05) is 11.7 Å². The Balaban J connectivity index is 2.07. The van der Waals surface area contributed by atoms with Gasteiger partial charge in [-0.15, -0.1) is 0 Å². The average molecular weight is 432 g/mol. The normalized spacial score (nSPS) is 14.9. The van der Waals surface area contributed by atoms with Crippen molar-refractivity contribution >= 4 is 21.6 Å². The topological polar surface area (TPSA) is 101 Å². The van der Waals surface area contributed by atoms with Crippen LogP contribution < -0.4 is 15.8 Å². The number of sulfonamides is 1. The molecule has 0 radical (unpaired) electrons. The summed E-state index contributed by atoms with van der Waals surface area (Å²) >= 11 is 0. The van der Waals surface area contributed by atoms with Crippen LogP contribution >= 0.6 is 0 Å². The van der Waals surface area contributed by atoms with E-state index in [1.165, 1.54) is 29.8 Å². The number of primary sulfonamides is 1. The van der Waals surface area contributed by atoms with Crippen LogP contribution in [0.5, 0.6) is 0 Å². The summed E-state index contributed by atoms with van der Waals surface area (Å²) in [5.74, 6) is 0.624. The van der Waals surface area contributed by atoms with Gasteiger partial charge in [0.2, 0.25) is 15.9 Å². The molecule has 6 nitrogen and oxygen atoms in total. The number of nitrogens with two attached hydrogens (primary N) is 1. The highest BCUT2D eigenvalue weighted by molar-refractivity contribution is 7.89. The van der Waals surface area contributed by atoms with Crippen molar-refractivity contribution in [3.63, 3.8) is 0 Å². The molecule has 2 aromatic rings. The van der Waals surface area contributed by atoms with E-state index in [1.807, 2.05) is 6.92 Å². The quantitative estimate of drug-likeness (QED) is 0.555. The van der Waals surface area contributed by atoms with Crippen molar-refractivity contribution in [1.29, 1.82) is 0 Å². The molecule has 30 heavy (non-hydrogen) atoms. The van der Waals surface area contributed by atoms with Crippen molar-refractivity contribution in [3.05, 3.63) is 59.7 Å². The first kappa shape index (κ1) is 24.1. The number of hydrogen-bond acceptors (Lipinski definition) is 4. The van der Waals surface area contributed by atoms with Gasteiger partial charge in [-0.25, -0.2) is 13.6 Å². The maximum Gasteiger partial charge on any atom is 0.241 e. The van der Waals surface area contributed by atoms with Gasteiger partial charge < -0.3 is 5.32 Å². The van der Waals surface area contributed by atoms with Crippen molar-refractivity contribution in [1.82, 2.24) is 5.32 Å². The van der Waals surface area contributed by atoms with Crippen molar-refractivity contribution in [2.24, 2.45) is 11.1 Å². The molecule has 0 unspecified atom stereocenters. The van der Waals surface area contributed by atoms with Gasteiger partial charge in [-0.05, 0) is 60.6 Å². The third-order valence-electron chi connectivity index (χ3n) is 5.42. The highest BCUT2D eigenvalue weighted by Gasteiger charge is 2.22. The zero-order valence-corrected chi connectivity index (χ0v) is 19.2. The summed E-state index contributed by atoms with van der Waals surface area (Å²) in [6, 6.07) is 14.0. The van der Waals surface area contributed by atoms with Crippen LogP contribution in [0.3, 0.4) is 0 Å². The molecule has 0 bridgehead atoms. The van der Waals surface area contributed by atoms with Crippen LogP contribution in [0.25, 0.3) is 0 Å². The van der Waals surface area contributed by atoms with Crippen LogP contribution in [0.2, 0.25) is 0 Å². The molecular formula is C23H33N3O3S. The fraction of sp³-hybridized carbons (Fsp3) is 0.435. The summed E-state index contributed by atoms with van der Waals surface area (Å²) in [6.07, 6.45) is 1.10. The van der Waals surface area contributed by atoms with Crippen LogP contribution in [-0.2, 0) is 14.8 Å². The molecule has 7 heteroatoms. The zero-order chi connectivity index (χ0) is 22.5. The Morgan fingerprint density at radius 1 is 0.933 bits per heavy atom. The molecule has 2 aromatic carbocycles. The number of rotatable bonds is 9. The first-order chi connectivity index (χ1) is 14.0. The molecule has 0 fully saturated rings. The molecule has 3 atom stereocenters. The maximum atomic E-state index is 12.6. The largest absolute Gasteiger partial charge is 0.325 e. The van der Waals surface area contributed by atoms with Gasteiger partial charge in [0.15, 0.2) is 0 Å². The van der Waals surface area contributed by atoms with Gasteiger partial charge in [0.05, 0.1) is 10.9 Å². The Morgan fingerprint density at radius 2 is 1.47 bits per heavy atom. The number of hydrogen-bond donors (Lipinski definition) is 3. The van der Waals surface area contributed by atoms with Gasteiger partial charge in [-0.1, -0.05) is 52.0 Å². The summed E-state index contributed by atoms with van der Waals surface area (Å²) in [7, 11) is -3.76. The lowest BCUT2D eigenvalue weighted by Gasteiger charge is -2.27. The number of nitrogens with one attached hydrogen (secondary N) is 2. The molecule has 0 aliphatic rings. The molecule has 0 saturated carbocycles. The molecule has 4 N–H and O–H groups in total. The lowest BCUT2D eigenvalue weighted by Crippen LogP contribution is -2.41. The standard InChI is InChI=1S/C23H33N3O3S/c1-6-16(4)18-7-9-19(10-8-18)22(15(2)3)25-17(5)23(27)26-20-11-13-21(14-12-20)30(24,28)29/h7-17,22,25H,6H2,1-5H3,(H,26,27)(H2,24,28,29)/t16-,17+,22-/m1/s1. The van der Waals surface area contributed by atoms with Crippen LogP contribution in [-0.4, -0.2) is 20.4 Å². The Kier molecular flexibility index (Phi) is 8.18. The molecule has 2 rings (SSSR count). The SMILES string of the molecule is CC[C@@H](C)c1ccc([C@H](N[C@@H](C)C(=O)Nc2ccc(S(N)(=O)=O)cc2)C(C)C)cc1. The third-order valence-corrected chi connectivity index (χ3v) is 6.35. The van der Waals surface area contributed by atoms with Crippen LogP contribution in [0.1, 0.15) is 64.1 Å². The minimum absolute atomic E-state index is 0.00684. The fourth-order valence-corrected chi connectivity index (χ4v) is 3.78. The average Bonchev–Trinajstić information content (AvgIpc) is 2.70.